The zero-order chi connectivity index (χ0) is 12.6. The van der Waals surface area contributed by atoms with Crippen LogP contribution in [0.25, 0.3) is 0 Å². The van der Waals surface area contributed by atoms with E-state index in [2.05, 4.69) is 23.5 Å². The summed E-state index contributed by atoms with van der Waals surface area (Å²) in [7, 11) is 0. The Hall–Kier alpha value is -0.860. The highest BCUT2D eigenvalue weighted by Gasteiger charge is 2.34. The van der Waals surface area contributed by atoms with E-state index in [4.69, 9.17) is 0 Å². The van der Waals surface area contributed by atoms with Gasteiger partial charge in [-0.3, -0.25) is 0 Å². The van der Waals surface area contributed by atoms with E-state index in [1.54, 1.807) is 0 Å². The molecule has 2 aliphatic rings. The van der Waals surface area contributed by atoms with Crippen LogP contribution in [0.5, 0.6) is 0 Å². The van der Waals surface area contributed by atoms with Gasteiger partial charge in [0.25, 0.3) is 0 Å². The summed E-state index contributed by atoms with van der Waals surface area (Å²) in [6, 6.07) is 6.63. The van der Waals surface area contributed by atoms with Crippen LogP contribution >= 0.6 is 0 Å². The van der Waals surface area contributed by atoms with Crippen LogP contribution in [0.15, 0.2) is 18.2 Å². The average Bonchev–Trinajstić information content (AvgIpc) is 2.87. The molecule has 0 bridgehead atoms. The van der Waals surface area contributed by atoms with Gasteiger partial charge in [0.15, 0.2) is 0 Å². The molecule has 0 amide bonds. The molecule has 1 aliphatic heterocycles. The second-order valence-electron chi connectivity index (χ2n) is 6.01. The summed E-state index contributed by atoms with van der Waals surface area (Å²) in [5.74, 6) is 0.387. The number of aryl methyl sites for hydroxylation is 2. The molecule has 1 fully saturated rings. The Morgan fingerprint density at radius 2 is 1.89 bits per heavy atom. The molecule has 3 rings (SSSR count). The Morgan fingerprint density at radius 3 is 2.67 bits per heavy atom. The maximum atomic E-state index is 10.9. The third-order valence-electron chi connectivity index (χ3n) is 4.82. The highest BCUT2D eigenvalue weighted by molar-refractivity contribution is 5.37. The van der Waals surface area contributed by atoms with Crippen molar-refractivity contribution in [3.05, 3.63) is 34.9 Å². The molecule has 0 spiro atoms. The first-order valence-electron chi connectivity index (χ1n) is 7.23. The number of benzene rings is 1. The summed E-state index contributed by atoms with van der Waals surface area (Å²) in [4.78, 5) is 0. The lowest BCUT2D eigenvalue weighted by atomic mass is 9.77. The second kappa shape index (κ2) is 4.67. The molecule has 1 aromatic carbocycles. The lowest BCUT2D eigenvalue weighted by Crippen LogP contribution is -2.39. The molecule has 98 valence electrons. The number of hydrogen-bond donors (Lipinski definition) is 2. The summed E-state index contributed by atoms with van der Waals surface area (Å²) >= 11 is 0. The molecule has 1 aromatic rings. The molecule has 18 heavy (non-hydrogen) atoms. The molecule has 2 heteroatoms. The van der Waals surface area contributed by atoms with E-state index in [-0.39, 0.29) is 0 Å². The van der Waals surface area contributed by atoms with Gasteiger partial charge in [0, 0.05) is 0 Å². The fourth-order valence-corrected chi connectivity index (χ4v) is 3.51. The molecule has 1 unspecified atom stereocenters. The van der Waals surface area contributed by atoms with Crippen LogP contribution < -0.4 is 5.32 Å². The maximum absolute atomic E-state index is 10.9. The van der Waals surface area contributed by atoms with Crippen molar-refractivity contribution in [3.63, 3.8) is 0 Å². The zero-order valence-electron chi connectivity index (χ0n) is 11.2. The monoisotopic (exact) mass is 245 g/mol. The molecular formula is C16H23NO. The van der Waals surface area contributed by atoms with E-state index in [0.29, 0.717) is 5.92 Å². The van der Waals surface area contributed by atoms with Gasteiger partial charge in [-0.1, -0.05) is 18.2 Å². The molecule has 1 atom stereocenters. The predicted molar refractivity (Wildman–Crippen MR) is 73.6 cm³/mol. The Labute approximate surface area is 109 Å². The lowest BCUT2D eigenvalue weighted by molar-refractivity contribution is -0.0187. The smallest absolute Gasteiger partial charge is 0.0897 e. The van der Waals surface area contributed by atoms with Gasteiger partial charge in [-0.15, -0.1) is 0 Å². The number of rotatable bonds is 2. The first-order valence-corrected chi connectivity index (χ1v) is 7.23. The maximum Gasteiger partial charge on any atom is 0.0897 e. The summed E-state index contributed by atoms with van der Waals surface area (Å²) in [5, 5.41) is 14.3. The summed E-state index contributed by atoms with van der Waals surface area (Å²) < 4.78 is 0. The van der Waals surface area contributed by atoms with Gasteiger partial charge in [-0.05, 0) is 74.7 Å². The molecule has 1 saturated heterocycles. The largest absolute Gasteiger partial charge is 0.385 e. The van der Waals surface area contributed by atoms with Crippen LogP contribution in [0.3, 0.4) is 0 Å². The molecule has 0 saturated carbocycles. The zero-order valence-corrected chi connectivity index (χ0v) is 11.2. The van der Waals surface area contributed by atoms with Crippen molar-refractivity contribution in [2.75, 3.05) is 13.1 Å². The molecule has 1 aliphatic carbocycles. The quantitative estimate of drug-likeness (QED) is 0.838. The van der Waals surface area contributed by atoms with Crippen molar-refractivity contribution in [2.24, 2.45) is 5.92 Å². The van der Waals surface area contributed by atoms with E-state index in [1.165, 1.54) is 30.4 Å². The van der Waals surface area contributed by atoms with Crippen molar-refractivity contribution in [1.29, 1.82) is 0 Å². The molecule has 1 heterocycles. The average molecular weight is 245 g/mol. The molecule has 2 nitrogen and oxygen atoms in total. The second-order valence-corrected chi connectivity index (χ2v) is 6.01. The van der Waals surface area contributed by atoms with E-state index in [1.807, 2.05) is 6.92 Å². The number of hydrogen-bond acceptors (Lipinski definition) is 2. The number of piperidine rings is 1. The normalized spacial score (nSPS) is 23.7. The first kappa shape index (κ1) is 12.2. The van der Waals surface area contributed by atoms with Gasteiger partial charge < -0.3 is 10.4 Å². The summed E-state index contributed by atoms with van der Waals surface area (Å²) in [6.07, 6.45) is 5.82. The number of fused-ring (bicyclic) bond motifs is 1. The minimum atomic E-state index is -0.667. The van der Waals surface area contributed by atoms with Gasteiger partial charge in [0.2, 0.25) is 0 Å². The van der Waals surface area contributed by atoms with Gasteiger partial charge in [0.05, 0.1) is 5.60 Å². The Balaban J connectivity index is 1.87. The minimum Gasteiger partial charge on any atom is -0.385 e. The standard InChI is InChI=1S/C16H23NO/c1-16(18,14-7-9-17-10-8-14)15-6-5-12-3-2-4-13(12)11-15/h5-6,11,14,17-18H,2-4,7-10H2,1H3. The topological polar surface area (TPSA) is 32.3 Å². The van der Waals surface area contributed by atoms with Crippen LogP contribution in [-0.2, 0) is 18.4 Å². The Bertz CT molecular complexity index is 433. The van der Waals surface area contributed by atoms with Gasteiger partial charge in [0.1, 0.15) is 0 Å². The molecular weight excluding hydrogens is 222 g/mol. The molecule has 0 radical (unpaired) electrons. The van der Waals surface area contributed by atoms with Gasteiger partial charge >= 0.3 is 0 Å². The fraction of sp³-hybridized carbons (Fsp3) is 0.625. The summed E-state index contributed by atoms with van der Waals surface area (Å²) in [5.41, 5.74) is 3.40. The van der Waals surface area contributed by atoms with Crippen LogP contribution in [0.1, 0.15) is 42.9 Å². The Morgan fingerprint density at radius 1 is 1.17 bits per heavy atom. The van der Waals surface area contributed by atoms with Crippen molar-refractivity contribution >= 4 is 0 Å². The van der Waals surface area contributed by atoms with Crippen molar-refractivity contribution in [3.8, 4) is 0 Å². The van der Waals surface area contributed by atoms with Crippen molar-refractivity contribution in [1.82, 2.24) is 5.32 Å². The lowest BCUT2D eigenvalue weighted by Gasteiger charge is -2.36. The minimum absolute atomic E-state index is 0.387. The fourth-order valence-electron chi connectivity index (χ4n) is 3.51. The van der Waals surface area contributed by atoms with E-state index in [9.17, 15) is 5.11 Å². The Kier molecular flexibility index (Phi) is 3.16. The van der Waals surface area contributed by atoms with Crippen LogP contribution in [0.4, 0.5) is 0 Å². The van der Waals surface area contributed by atoms with Crippen LogP contribution in [-0.4, -0.2) is 18.2 Å². The molecule has 2 N–H and O–H groups in total. The molecule has 0 aromatic heterocycles. The highest BCUT2D eigenvalue weighted by atomic mass is 16.3. The third kappa shape index (κ3) is 2.08. The van der Waals surface area contributed by atoms with Crippen molar-refractivity contribution < 1.29 is 5.11 Å². The highest BCUT2D eigenvalue weighted by Crippen LogP contribution is 2.36. The van der Waals surface area contributed by atoms with Crippen LogP contribution in [0, 0.1) is 5.92 Å². The summed E-state index contributed by atoms with van der Waals surface area (Å²) in [6.45, 7) is 4.07. The van der Waals surface area contributed by atoms with Crippen molar-refractivity contribution in [2.45, 2.75) is 44.6 Å². The van der Waals surface area contributed by atoms with Gasteiger partial charge in [-0.25, -0.2) is 0 Å². The third-order valence-corrected chi connectivity index (χ3v) is 4.82. The predicted octanol–water partition coefficient (Wildman–Crippen LogP) is 2.38. The SMILES string of the molecule is CC(O)(c1ccc2c(c1)CCC2)C1CCNCC1. The van der Waals surface area contributed by atoms with E-state index in [0.717, 1.165) is 31.5 Å². The number of aliphatic hydroxyl groups is 1. The van der Waals surface area contributed by atoms with Crippen LogP contribution in [0.2, 0.25) is 0 Å². The number of nitrogens with one attached hydrogen (secondary N) is 1. The first-order chi connectivity index (χ1) is 8.68. The van der Waals surface area contributed by atoms with E-state index < -0.39 is 5.60 Å². The van der Waals surface area contributed by atoms with Gasteiger partial charge in [-0.2, -0.15) is 0 Å². The van der Waals surface area contributed by atoms with E-state index >= 15 is 0 Å².